The molecule has 18 heavy (non-hydrogen) atoms. The van der Waals surface area contributed by atoms with Gasteiger partial charge in [0.25, 0.3) is 0 Å². The third kappa shape index (κ3) is 5.25. The lowest BCUT2D eigenvalue weighted by Crippen LogP contribution is -2.45. The van der Waals surface area contributed by atoms with Gasteiger partial charge < -0.3 is 15.0 Å². The molecule has 1 saturated carbocycles. The van der Waals surface area contributed by atoms with Crippen LogP contribution in [0.1, 0.15) is 39.5 Å². The van der Waals surface area contributed by atoms with Crippen LogP contribution >= 0.6 is 0 Å². The Hall–Kier alpha value is -0.120. The highest BCUT2D eigenvalue weighted by molar-refractivity contribution is 4.89. The molecule has 0 aromatic rings. The molecule has 108 valence electrons. The van der Waals surface area contributed by atoms with Crippen LogP contribution in [-0.2, 0) is 4.74 Å². The molecular formula is C15H32N2O. The third-order valence-electron chi connectivity index (χ3n) is 4.16. The van der Waals surface area contributed by atoms with E-state index in [1.165, 1.54) is 32.2 Å². The molecule has 0 saturated heterocycles. The second kappa shape index (κ2) is 8.13. The zero-order chi connectivity index (χ0) is 13.4. The fourth-order valence-electron chi connectivity index (χ4n) is 3.52. The van der Waals surface area contributed by atoms with Gasteiger partial charge >= 0.3 is 0 Å². The molecule has 0 heterocycles. The predicted octanol–water partition coefficient (Wildman–Crippen LogP) is 2.37. The van der Waals surface area contributed by atoms with Gasteiger partial charge in [-0.2, -0.15) is 0 Å². The molecule has 2 unspecified atom stereocenters. The minimum absolute atomic E-state index is 0.480. The van der Waals surface area contributed by atoms with Gasteiger partial charge in [-0.15, -0.1) is 0 Å². The maximum atomic E-state index is 5.45. The SMILES string of the molecule is CCOCCN(C)CC1(CNC)CCCC(C)C1. The Kier molecular flexibility index (Phi) is 7.20. The number of nitrogens with zero attached hydrogens (tertiary/aromatic N) is 1. The van der Waals surface area contributed by atoms with E-state index in [0.717, 1.165) is 32.2 Å². The summed E-state index contributed by atoms with van der Waals surface area (Å²) in [5, 5.41) is 3.41. The van der Waals surface area contributed by atoms with E-state index < -0.39 is 0 Å². The highest BCUT2D eigenvalue weighted by atomic mass is 16.5. The number of nitrogens with one attached hydrogen (secondary N) is 1. The quantitative estimate of drug-likeness (QED) is 0.675. The molecular weight excluding hydrogens is 224 g/mol. The number of likely N-dealkylation sites (N-methyl/N-ethyl adjacent to an activating group) is 1. The Morgan fingerprint density at radius 3 is 2.83 bits per heavy atom. The molecule has 1 N–H and O–H groups in total. The standard InChI is InChI=1S/C15H32N2O/c1-5-18-10-9-17(4)13-15(12-16-3)8-6-7-14(2)11-15/h14,16H,5-13H2,1-4H3. The first-order chi connectivity index (χ1) is 8.62. The molecule has 3 heteroatoms. The van der Waals surface area contributed by atoms with E-state index >= 15 is 0 Å². The van der Waals surface area contributed by atoms with Crippen molar-refractivity contribution in [3.8, 4) is 0 Å². The van der Waals surface area contributed by atoms with Gasteiger partial charge in [-0.05, 0) is 45.2 Å². The van der Waals surface area contributed by atoms with Crippen molar-refractivity contribution in [1.29, 1.82) is 0 Å². The Morgan fingerprint density at radius 1 is 1.44 bits per heavy atom. The zero-order valence-electron chi connectivity index (χ0n) is 12.8. The molecule has 0 bridgehead atoms. The molecule has 2 atom stereocenters. The van der Waals surface area contributed by atoms with Crippen LogP contribution in [0.5, 0.6) is 0 Å². The average Bonchev–Trinajstić information content (AvgIpc) is 2.29. The first-order valence-electron chi connectivity index (χ1n) is 7.53. The first-order valence-corrected chi connectivity index (χ1v) is 7.53. The molecule has 1 aliphatic carbocycles. The van der Waals surface area contributed by atoms with E-state index in [9.17, 15) is 0 Å². The molecule has 0 aromatic heterocycles. The highest BCUT2D eigenvalue weighted by Gasteiger charge is 2.35. The van der Waals surface area contributed by atoms with Crippen LogP contribution in [0.25, 0.3) is 0 Å². The molecule has 0 spiro atoms. The number of ether oxygens (including phenoxy) is 1. The van der Waals surface area contributed by atoms with Crippen molar-refractivity contribution in [2.24, 2.45) is 11.3 Å². The summed E-state index contributed by atoms with van der Waals surface area (Å²) in [6, 6.07) is 0. The normalized spacial score (nSPS) is 28.8. The van der Waals surface area contributed by atoms with E-state index in [0.29, 0.717) is 5.41 Å². The monoisotopic (exact) mass is 256 g/mol. The molecule has 0 radical (unpaired) electrons. The van der Waals surface area contributed by atoms with Gasteiger partial charge in [-0.3, -0.25) is 0 Å². The second-order valence-corrected chi connectivity index (χ2v) is 6.17. The smallest absolute Gasteiger partial charge is 0.0593 e. The second-order valence-electron chi connectivity index (χ2n) is 6.17. The van der Waals surface area contributed by atoms with E-state index in [1.54, 1.807) is 0 Å². The van der Waals surface area contributed by atoms with Crippen molar-refractivity contribution in [3.63, 3.8) is 0 Å². The molecule has 0 aliphatic heterocycles. The minimum Gasteiger partial charge on any atom is -0.380 e. The van der Waals surface area contributed by atoms with Crippen molar-refractivity contribution in [1.82, 2.24) is 10.2 Å². The van der Waals surface area contributed by atoms with Crippen LogP contribution in [0.15, 0.2) is 0 Å². The maximum Gasteiger partial charge on any atom is 0.0593 e. The maximum absolute atomic E-state index is 5.45. The summed E-state index contributed by atoms with van der Waals surface area (Å²) < 4.78 is 5.45. The first kappa shape index (κ1) is 15.9. The van der Waals surface area contributed by atoms with Crippen LogP contribution in [0, 0.1) is 11.3 Å². The number of hydrogen-bond donors (Lipinski definition) is 1. The Morgan fingerprint density at radius 2 is 2.22 bits per heavy atom. The number of rotatable bonds is 8. The molecule has 1 rings (SSSR count). The fraction of sp³-hybridized carbons (Fsp3) is 1.00. The summed E-state index contributed by atoms with van der Waals surface area (Å²) in [6.45, 7) is 9.55. The van der Waals surface area contributed by atoms with Crippen molar-refractivity contribution in [2.45, 2.75) is 39.5 Å². The number of hydrogen-bond acceptors (Lipinski definition) is 3. The van der Waals surface area contributed by atoms with Crippen molar-refractivity contribution < 1.29 is 4.74 Å². The van der Waals surface area contributed by atoms with Crippen LogP contribution in [0.3, 0.4) is 0 Å². The Bertz CT molecular complexity index is 219. The predicted molar refractivity (Wildman–Crippen MR) is 78.0 cm³/mol. The molecule has 0 amide bonds. The van der Waals surface area contributed by atoms with Gasteiger partial charge in [0.05, 0.1) is 6.61 Å². The summed E-state index contributed by atoms with van der Waals surface area (Å²) >= 11 is 0. The van der Waals surface area contributed by atoms with Gasteiger partial charge in [0.15, 0.2) is 0 Å². The lowest BCUT2D eigenvalue weighted by atomic mass is 9.69. The summed E-state index contributed by atoms with van der Waals surface area (Å²) in [4.78, 5) is 2.45. The lowest BCUT2D eigenvalue weighted by Gasteiger charge is -2.42. The highest BCUT2D eigenvalue weighted by Crippen LogP contribution is 2.39. The largest absolute Gasteiger partial charge is 0.380 e. The van der Waals surface area contributed by atoms with Crippen LogP contribution in [0.4, 0.5) is 0 Å². The van der Waals surface area contributed by atoms with Crippen molar-refractivity contribution >= 4 is 0 Å². The molecule has 0 aromatic carbocycles. The minimum atomic E-state index is 0.480. The van der Waals surface area contributed by atoms with Crippen LogP contribution in [-0.4, -0.2) is 51.8 Å². The Labute approximate surface area is 113 Å². The summed E-state index contributed by atoms with van der Waals surface area (Å²) in [7, 11) is 4.32. The topological polar surface area (TPSA) is 24.5 Å². The fourth-order valence-corrected chi connectivity index (χ4v) is 3.52. The lowest BCUT2D eigenvalue weighted by molar-refractivity contribution is 0.0693. The van der Waals surface area contributed by atoms with Gasteiger partial charge in [-0.25, -0.2) is 0 Å². The van der Waals surface area contributed by atoms with E-state index in [4.69, 9.17) is 4.74 Å². The van der Waals surface area contributed by atoms with Gasteiger partial charge in [0, 0.05) is 26.2 Å². The summed E-state index contributed by atoms with van der Waals surface area (Å²) in [5.41, 5.74) is 0.480. The molecule has 1 fully saturated rings. The van der Waals surface area contributed by atoms with Crippen LogP contribution < -0.4 is 5.32 Å². The van der Waals surface area contributed by atoms with Crippen molar-refractivity contribution in [2.75, 3.05) is 46.9 Å². The van der Waals surface area contributed by atoms with E-state index in [-0.39, 0.29) is 0 Å². The van der Waals surface area contributed by atoms with E-state index in [1.807, 2.05) is 0 Å². The summed E-state index contributed by atoms with van der Waals surface area (Å²) in [5.74, 6) is 0.882. The van der Waals surface area contributed by atoms with Crippen molar-refractivity contribution in [3.05, 3.63) is 0 Å². The molecule has 3 nitrogen and oxygen atoms in total. The zero-order valence-corrected chi connectivity index (χ0v) is 12.8. The third-order valence-corrected chi connectivity index (χ3v) is 4.16. The van der Waals surface area contributed by atoms with E-state index in [2.05, 4.69) is 38.2 Å². The van der Waals surface area contributed by atoms with Gasteiger partial charge in [0.2, 0.25) is 0 Å². The van der Waals surface area contributed by atoms with Crippen LogP contribution in [0.2, 0.25) is 0 Å². The molecule has 1 aliphatic rings. The summed E-state index contributed by atoms with van der Waals surface area (Å²) in [6.07, 6.45) is 5.54. The van der Waals surface area contributed by atoms with Gasteiger partial charge in [-0.1, -0.05) is 19.8 Å². The average molecular weight is 256 g/mol. The Balaban J connectivity index is 2.45. The van der Waals surface area contributed by atoms with Gasteiger partial charge in [0.1, 0.15) is 0 Å².